The molecule has 158 valence electrons. The summed E-state index contributed by atoms with van der Waals surface area (Å²) in [4.78, 5) is 4.09. The first-order valence-corrected chi connectivity index (χ1v) is 10.8. The minimum absolute atomic E-state index is 0.357. The number of aryl methyl sites for hydroxylation is 1. The lowest BCUT2D eigenvalue weighted by molar-refractivity contribution is 0.682. The summed E-state index contributed by atoms with van der Waals surface area (Å²) in [7, 11) is 1.73. The molecule has 1 aliphatic rings. The Kier molecular flexibility index (Phi) is 10.2. The molecule has 0 saturated heterocycles. The molecule has 3 rings (SSSR count). The largest absolute Gasteiger partial charge is 0.399 e. The zero-order valence-corrected chi connectivity index (χ0v) is 19.1. The molecule has 0 heterocycles. The van der Waals surface area contributed by atoms with Crippen LogP contribution < -0.4 is 11.5 Å². The van der Waals surface area contributed by atoms with Gasteiger partial charge in [-0.2, -0.15) is 0 Å². The highest BCUT2D eigenvalue weighted by Gasteiger charge is 2.34. The second-order valence-electron chi connectivity index (χ2n) is 7.06. The minimum Gasteiger partial charge on any atom is -0.399 e. The lowest BCUT2D eigenvalue weighted by Crippen LogP contribution is -2.15. The molecule has 4 N–H and O–H groups in total. The van der Waals surface area contributed by atoms with Crippen LogP contribution in [0.5, 0.6) is 0 Å². The van der Waals surface area contributed by atoms with E-state index >= 15 is 0 Å². The maximum atomic E-state index is 5.96. The molecule has 0 bridgehead atoms. The Bertz CT molecular complexity index is 816. The van der Waals surface area contributed by atoms with Gasteiger partial charge in [-0.05, 0) is 60.1 Å². The maximum absolute atomic E-state index is 5.96. The number of amidine groups is 1. The van der Waals surface area contributed by atoms with Gasteiger partial charge in [-0.1, -0.05) is 70.2 Å². The first-order chi connectivity index (χ1) is 14.0. The molecule has 0 radical (unpaired) electrons. The molecule has 0 spiro atoms. The van der Waals surface area contributed by atoms with Crippen molar-refractivity contribution in [3.05, 3.63) is 65.7 Å². The van der Waals surface area contributed by atoms with Crippen LogP contribution in [0.15, 0.2) is 59.6 Å². The molecule has 29 heavy (non-hydrogen) atoms. The summed E-state index contributed by atoms with van der Waals surface area (Å²) in [5.41, 5.74) is 18.7. The van der Waals surface area contributed by atoms with E-state index < -0.39 is 0 Å². The molecule has 0 aliphatic heterocycles. The van der Waals surface area contributed by atoms with Crippen molar-refractivity contribution in [1.29, 1.82) is 0 Å². The lowest BCUT2D eigenvalue weighted by atomic mass is 9.84. The summed E-state index contributed by atoms with van der Waals surface area (Å²) >= 11 is 0. The molecule has 2 aromatic rings. The Morgan fingerprint density at radius 3 is 2.24 bits per heavy atom. The third-order valence-electron chi connectivity index (χ3n) is 5.08. The van der Waals surface area contributed by atoms with E-state index in [-0.39, 0.29) is 0 Å². The first kappa shape index (κ1) is 24.5. The Labute approximate surface area is 177 Å². The zero-order chi connectivity index (χ0) is 22.0. The first-order valence-electron chi connectivity index (χ1n) is 10.8. The average molecular weight is 394 g/mol. The van der Waals surface area contributed by atoms with E-state index in [1.807, 2.05) is 40.7 Å². The van der Waals surface area contributed by atoms with Gasteiger partial charge in [0, 0.05) is 25.1 Å². The number of hydrogen-bond acceptors (Lipinski definition) is 2. The fourth-order valence-corrected chi connectivity index (χ4v) is 3.46. The van der Waals surface area contributed by atoms with Gasteiger partial charge in [0.05, 0.1) is 5.84 Å². The van der Waals surface area contributed by atoms with Crippen molar-refractivity contribution in [2.75, 3.05) is 12.8 Å². The fourth-order valence-electron chi connectivity index (χ4n) is 3.46. The van der Waals surface area contributed by atoms with Gasteiger partial charge in [0.15, 0.2) is 0 Å². The lowest BCUT2D eigenvalue weighted by Gasteiger charge is -2.21. The number of rotatable bonds is 6. The standard InChI is InChI=1S/C22H27N3.2C2H6/c1-14-11-18(9-10-20(14)23)17-5-4-6-19(13-17)22(16-7-8-16)15(2)12-21(24)25-3;2*1-2/h4-6,9-11,13,16,22H,2,7-8,12,23H2,1,3H3,(H2,24,25);2*1-2H3. The highest BCUT2D eigenvalue weighted by molar-refractivity contribution is 5.82. The SMILES string of the molecule is C=C(CC(N)=NC)C(c1cccc(-c2ccc(N)c(C)c2)c1)C1CC1.CC.CC. The van der Waals surface area contributed by atoms with Gasteiger partial charge >= 0.3 is 0 Å². The van der Waals surface area contributed by atoms with Gasteiger partial charge < -0.3 is 11.5 Å². The Morgan fingerprint density at radius 1 is 1.07 bits per heavy atom. The van der Waals surface area contributed by atoms with Crippen LogP contribution in [0.2, 0.25) is 0 Å². The molecule has 3 heteroatoms. The molecule has 1 fully saturated rings. The molecule has 1 atom stereocenters. The Morgan fingerprint density at radius 2 is 1.69 bits per heavy atom. The molecular formula is C26H39N3. The molecule has 0 aromatic heterocycles. The van der Waals surface area contributed by atoms with Crippen LogP contribution in [0.1, 0.15) is 64.0 Å². The Hall–Kier alpha value is -2.55. The molecule has 3 nitrogen and oxygen atoms in total. The molecule has 1 aliphatic carbocycles. The predicted octanol–water partition coefficient (Wildman–Crippen LogP) is 6.72. The summed E-state index contributed by atoms with van der Waals surface area (Å²) in [6.45, 7) is 14.4. The summed E-state index contributed by atoms with van der Waals surface area (Å²) in [5.74, 6) is 1.69. The van der Waals surface area contributed by atoms with Gasteiger partial charge in [-0.25, -0.2) is 0 Å². The molecule has 0 amide bonds. The number of benzene rings is 2. The monoisotopic (exact) mass is 393 g/mol. The number of aliphatic imine (C=N–C) groups is 1. The molecule has 1 unspecified atom stereocenters. The number of hydrogen-bond donors (Lipinski definition) is 2. The summed E-state index contributed by atoms with van der Waals surface area (Å²) in [6, 6.07) is 15.0. The maximum Gasteiger partial charge on any atom is 0.0974 e. The highest BCUT2D eigenvalue weighted by atomic mass is 14.8. The van der Waals surface area contributed by atoms with Gasteiger partial charge in [0.25, 0.3) is 0 Å². The molecule has 2 aromatic carbocycles. The van der Waals surface area contributed by atoms with E-state index in [9.17, 15) is 0 Å². The second-order valence-corrected chi connectivity index (χ2v) is 7.06. The third-order valence-corrected chi connectivity index (χ3v) is 5.08. The molecule has 1 saturated carbocycles. The van der Waals surface area contributed by atoms with Gasteiger partial charge in [-0.15, -0.1) is 0 Å². The van der Waals surface area contributed by atoms with Crippen LogP contribution in [0, 0.1) is 12.8 Å². The van der Waals surface area contributed by atoms with E-state index in [4.69, 9.17) is 11.5 Å². The normalized spacial score (nSPS) is 14.1. The number of anilines is 1. The topological polar surface area (TPSA) is 64.4 Å². The van der Waals surface area contributed by atoms with Crippen LogP contribution in [0.25, 0.3) is 11.1 Å². The van der Waals surface area contributed by atoms with Crippen molar-refractivity contribution in [3.8, 4) is 11.1 Å². The average Bonchev–Trinajstić information content (AvgIpc) is 3.58. The minimum atomic E-state index is 0.357. The summed E-state index contributed by atoms with van der Waals surface area (Å²) in [6.07, 6.45) is 3.19. The van der Waals surface area contributed by atoms with Crippen LogP contribution >= 0.6 is 0 Å². The van der Waals surface area contributed by atoms with Crippen molar-refractivity contribution in [3.63, 3.8) is 0 Å². The number of nitrogen functional groups attached to an aromatic ring is 1. The van der Waals surface area contributed by atoms with Crippen LogP contribution in [0.3, 0.4) is 0 Å². The van der Waals surface area contributed by atoms with E-state index in [1.54, 1.807) is 7.05 Å². The Balaban J connectivity index is 0.000000989. The van der Waals surface area contributed by atoms with E-state index in [0.29, 0.717) is 24.1 Å². The summed E-state index contributed by atoms with van der Waals surface area (Å²) in [5, 5.41) is 0. The van der Waals surface area contributed by atoms with E-state index in [1.165, 1.54) is 29.5 Å². The van der Waals surface area contributed by atoms with Crippen LogP contribution in [-0.4, -0.2) is 12.9 Å². The van der Waals surface area contributed by atoms with Gasteiger partial charge in [0.1, 0.15) is 0 Å². The molecular weight excluding hydrogens is 354 g/mol. The van der Waals surface area contributed by atoms with Crippen molar-refractivity contribution in [2.45, 2.75) is 59.8 Å². The van der Waals surface area contributed by atoms with Crippen LogP contribution in [0.4, 0.5) is 5.69 Å². The fraction of sp³-hybridized carbons (Fsp3) is 0.423. The van der Waals surface area contributed by atoms with Crippen LogP contribution in [-0.2, 0) is 0 Å². The van der Waals surface area contributed by atoms with Crippen molar-refractivity contribution in [2.24, 2.45) is 16.6 Å². The van der Waals surface area contributed by atoms with Crippen molar-refractivity contribution in [1.82, 2.24) is 0 Å². The zero-order valence-electron chi connectivity index (χ0n) is 19.1. The van der Waals surface area contributed by atoms with E-state index in [2.05, 4.69) is 48.0 Å². The van der Waals surface area contributed by atoms with Crippen molar-refractivity contribution < 1.29 is 0 Å². The number of nitrogens with two attached hydrogens (primary N) is 2. The van der Waals surface area contributed by atoms with E-state index in [0.717, 1.165) is 16.8 Å². The second kappa shape index (κ2) is 12.1. The quantitative estimate of drug-likeness (QED) is 0.247. The van der Waals surface area contributed by atoms with Gasteiger partial charge in [-0.3, -0.25) is 4.99 Å². The predicted molar refractivity (Wildman–Crippen MR) is 130 cm³/mol. The smallest absolute Gasteiger partial charge is 0.0974 e. The van der Waals surface area contributed by atoms with Gasteiger partial charge in [0.2, 0.25) is 0 Å². The third kappa shape index (κ3) is 6.77. The van der Waals surface area contributed by atoms with Crippen molar-refractivity contribution >= 4 is 11.5 Å². The number of nitrogens with zero attached hydrogens (tertiary/aromatic N) is 1. The summed E-state index contributed by atoms with van der Waals surface area (Å²) < 4.78 is 0. The highest BCUT2D eigenvalue weighted by Crippen LogP contribution is 2.47.